The molecule has 2 aliphatic heterocycles. The highest BCUT2D eigenvalue weighted by Gasteiger charge is 2.65. The second-order valence-corrected chi connectivity index (χ2v) is 17.7. The normalized spacial score (nSPS) is 51.0. The highest BCUT2D eigenvalue weighted by Crippen LogP contribution is 2.68. The maximum atomic E-state index is 11.6. The van der Waals surface area contributed by atoms with Crippen LogP contribution >= 0.6 is 0 Å². The minimum Gasteiger partial charge on any atom is -0.394 e. The van der Waals surface area contributed by atoms with Crippen molar-refractivity contribution in [2.75, 3.05) is 13.2 Å². The average Bonchev–Trinajstić information content (AvgIpc) is 3.42. The fourth-order valence-electron chi connectivity index (χ4n) is 11.5. The molecule has 2 saturated heterocycles. The molecule has 0 spiro atoms. The first-order chi connectivity index (χ1) is 25.0. The van der Waals surface area contributed by atoms with Gasteiger partial charge in [-0.1, -0.05) is 44.1 Å². The van der Waals surface area contributed by atoms with Crippen LogP contribution in [0.2, 0.25) is 0 Å². The van der Waals surface area contributed by atoms with Gasteiger partial charge in [-0.15, -0.1) is 0 Å². The lowest BCUT2D eigenvalue weighted by molar-refractivity contribution is -0.324. The van der Waals surface area contributed by atoms with Crippen molar-refractivity contribution < 1.29 is 70.0 Å². The Morgan fingerprint density at radius 3 is 2.00 bits per heavy atom. The summed E-state index contributed by atoms with van der Waals surface area (Å²) < 4.78 is 24.7. The molecule has 14 heteroatoms. The van der Waals surface area contributed by atoms with E-state index in [9.17, 15) is 51.1 Å². The van der Waals surface area contributed by atoms with Gasteiger partial charge in [0.1, 0.15) is 48.8 Å². The van der Waals surface area contributed by atoms with Crippen molar-refractivity contribution in [3.8, 4) is 0 Å². The molecule has 5 fully saturated rings. The van der Waals surface area contributed by atoms with E-state index >= 15 is 0 Å². The molecule has 0 bridgehead atoms. The third-order valence-corrected chi connectivity index (χ3v) is 14.5. The second-order valence-electron chi connectivity index (χ2n) is 17.7. The molecule has 1 unspecified atom stereocenters. The van der Waals surface area contributed by atoms with E-state index in [2.05, 4.69) is 19.9 Å². The Morgan fingerprint density at radius 2 is 1.43 bits per heavy atom. The molecule has 14 nitrogen and oxygen atoms in total. The molecule has 10 N–H and O–H groups in total. The molecule has 6 aliphatic rings. The molecule has 21 atom stereocenters. The highest BCUT2D eigenvalue weighted by molar-refractivity contribution is 5.28. The van der Waals surface area contributed by atoms with Gasteiger partial charge in [-0.25, -0.2) is 0 Å². The fraction of sp³-hybridized carbons (Fsp3) is 0.897. The zero-order chi connectivity index (χ0) is 38.7. The highest BCUT2D eigenvalue weighted by atomic mass is 16.7. The van der Waals surface area contributed by atoms with E-state index < -0.39 is 104 Å². The average molecular weight is 757 g/mol. The van der Waals surface area contributed by atoms with Gasteiger partial charge < -0.3 is 70.0 Å². The van der Waals surface area contributed by atoms with Crippen LogP contribution in [0.5, 0.6) is 0 Å². The summed E-state index contributed by atoms with van der Waals surface area (Å²) in [6.07, 6.45) is -8.52. The summed E-state index contributed by atoms with van der Waals surface area (Å²) in [6, 6.07) is 0. The number of hydrogen-bond donors (Lipinski definition) is 10. The lowest BCUT2D eigenvalue weighted by Crippen LogP contribution is -2.62. The van der Waals surface area contributed by atoms with Gasteiger partial charge in [-0.05, 0) is 87.4 Å². The van der Waals surface area contributed by atoms with E-state index in [0.717, 1.165) is 30.4 Å². The predicted molar refractivity (Wildman–Crippen MR) is 188 cm³/mol. The van der Waals surface area contributed by atoms with E-state index in [1.165, 1.54) is 0 Å². The zero-order valence-corrected chi connectivity index (χ0v) is 31.6. The maximum absolute atomic E-state index is 11.6. The largest absolute Gasteiger partial charge is 0.394 e. The first-order valence-corrected chi connectivity index (χ1v) is 19.6. The van der Waals surface area contributed by atoms with Crippen LogP contribution in [-0.4, -0.2) is 150 Å². The standard InChI is InChI=1S/C39H64O14/c1-17(2)6-9-24(43)18(3)29-25(50-36-34(48)32(46)30(44)26(15-40)51-36)14-23-21-8-7-19-12-20(42)13-28(39(19,5)22(21)10-11-38(23,29)4)53-37-35(49)33(47)31(45)27(16-41)52-37/h6-7,18,20-37,40-49H,8-16H2,1-5H3/t18-,20-,21-,22+,23+,24+,25+,26-,27-,28-,29+,30-,31-,32+,33+,34-,35-,36-,37+,38?,39+/m1/s1. The van der Waals surface area contributed by atoms with Crippen molar-refractivity contribution in [3.05, 3.63) is 23.3 Å². The zero-order valence-electron chi connectivity index (χ0n) is 31.6. The predicted octanol–water partition coefficient (Wildman–Crippen LogP) is -0.130. The summed E-state index contributed by atoms with van der Waals surface area (Å²) in [5.41, 5.74) is 1.24. The molecule has 0 aromatic carbocycles. The first-order valence-electron chi connectivity index (χ1n) is 19.6. The monoisotopic (exact) mass is 756 g/mol. The molecule has 0 aromatic rings. The van der Waals surface area contributed by atoms with Crippen LogP contribution in [0.3, 0.4) is 0 Å². The van der Waals surface area contributed by atoms with Gasteiger partial charge in [0.2, 0.25) is 0 Å². The minimum atomic E-state index is -1.60. The Balaban J connectivity index is 1.32. The van der Waals surface area contributed by atoms with Crippen molar-refractivity contribution in [1.82, 2.24) is 0 Å². The SMILES string of the molecule is CC(C)=CC[C@H](O)[C@@H](C)[C@H]1[C@@H](O[C@@H]2O[C@H](CO)[C@@H](O)[C@H](O)[C@H]2O)C[C@H]2[C@@H]3CC=C4C[C@@H](O)C[C@@H](O[C@@H]5O[C@H](CO)[C@@H](O)[C@H](O)[C@H]5O)[C@]4(C)[C@H]3CCC12C. The van der Waals surface area contributed by atoms with E-state index in [1.807, 2.05) is 26.8 Å². The number of aliphatic hydroxyl groups excluding tert-OH is 10. The van der Waals surface area contributed by atoms with Gasteiger partial charge >= 0.3 is 0 Å². The molecule has 0 amide bonds. The van der Waals surface area contributed by atoms with Crippen molar-refractivity contribution in [3.63, 3.8) is 0 Å². The van der Waals surface area contributed by atoms with Crippen molar-refractivity contribution in [1.29, 1.82) is 0 Å². The Morgan fingerprint density at radius 1 is 0.849 bits per heavy atom. The van der Waals surface area contributed by atoms with Gasteiger partial charge in [0.05, 0.1) is 37.6 Å². The summed E-state index contributed by atoms with van der Waals surface area (Å²) in [5.74, 6) is -0.154. The molecular weight excluding hydrogens is 692 g/mol. The molecule has 2 heterocycles. The fourth-order valence-corrected chi connectivity index (χ4v) is 11.5. The molecule has 6 rings (SSSR count). The van der Waals surface area contributed by atoms with E-state index in [1.54, 1.807) is 0 Å². The number of hydrogen-bond acceptors (Lipinski definition) is 14. The molecule has 304 valence electrons. The lowest BCUT2D eigenvalue weighted by Gasteiger charge is -2.60. The quantitative estimate of drug-likeness (QED) is 0.131. The maximum Gasteiger partial charge on any atom is 0.187 e. The number of ether oxygens (including phenoxy) is 4. The summed E-state index contributed by atoms with van der Waals surface area (Å²) in [5, 5.41) is 106. The van der Waals surface area contributed by atoms with Crippen LogP contribution in [0.4, 0.5) is 0 Å². The summed E-state index contributed by atoms with van der Waals surface area (Å²) >= 11 is 0. The molecule has 4 aliphatic carbocycles. The van der Waals surface area contributed by atoms with Crippen LogP contribution in [0.1, 0.15) is 79.6 Å². The number of aliphatic hydroxyl groups is 10. The van der Waals surface area contributed by atoms with Gasteiger partial charge in [-0.2, -0.15) is 0 Å². The Kier molecular flexibility index (Phi) is 12.6. The van der Waals surface area contributed by atoms with Crippen LogP contribution in [0.25, 0.3) is 0 Å². The van der Waals surface area contributed by atoms with E-state index in [-0.39, 0.29) is 41.4 Å². The van der Waals surface area contributed by atoms with Crippen molar-refractivity contribution in [2.45, 2.75) is 165 Å². The van der Waals surface area contributed by atoms with Crippen LogP contribution in [0, 0.1) is 40.4 Å². The van der Waals surface area contributed by atoms with Gasteiger partial charge in [0.15, 0.2) is 12.6 Å². The van der Waals surface area contributed by atoms with Gasteiger partial charge in [-0.3, -0.25) is 0 Å². The van der Waals surface area contributed by atoms with Crippen LogP contribution < -0.4 is 0 Å². The Labute approximate surface area is 312 Å². The summed E-state index contributed by atoms with van der Waals surface area (Å²) in [7, 11) is 0. The molecular formula is C39H64O14. The van der Waals surface area contributed by atoms with E-state index in [4.69, 9.17) is 18.9 Å². The first kappa shape index (κ1) is 41.6. The number of rotatable bonds is 10. The van der Waals surface area contributed by atoms with Gasteiger partial charge in [0.25, 0.3) is 0 Å². The summed E-state index contributed by atoms with van der Waals surface area (Å²) in [6.45, 7) is 9.24. The van der Waals surface area contributed by atoms with Crippen molar-refractivity contribution in [2.24, 2.45) is 40.4 Å². The summed E-state index contributed by atoms with van der Waals surface area (Å²) in [4.78, 5) is 0. The number of fused-ring (bicyclic) bond motifs is 5. The third-order valence-electron chi connectivity index (χ3n) is 14.5. The smallest absolute Gasteiger partial charge is 0.187 e. The second kappa shape index (κ2) is 16.0. The van der Waals surface area contributed by atoms with Crippen molar-refractivity contribution >= 4 is 0 Å². The third kappa shape index (κ3) is 7.33. The molecule has 0 radical (unpaired) electrons. The Bertz CT molecular complexity index is 1320. The molecule has 53 heavy (non-hydrogen) atoms. The van der Waals surface area contributed by atoms with Crippen LogP contribution in [0.15, 0.2) is 23.3 Å². The molecule has 3 saturated carbocycles. The van der Waals surface area contributed by atoms with Gasteiger partial charge in [0, 0.05) is 11.8 Å². The minimum absolute atomic E-state index is 0.0699. The molecule has 0 aromatic heterocycles. The topological polar surface area (TPSA) is 239 Å². The Hall–Kier alpha value is -1.08. The number of allylic oxidation sites excluding steroid dienone is 2. The lowest BCUT2D eigenvalue weighted by atomic mass is 9.46. The van der Waals surface area contributed by atoms with Crippen LogP contribution in [-0.2, 0) is 18.9 Å². The van der Waals surface area contributed by atoms with E-state index in [0.29, 0.717) is 19.3 Å².